The van der Waals surface area contributed by atoms with Gasteiger partial charge in [0.05, 0.1) is 6.04 Å². The van der Waals surface area contributed by atoms with Crippen LogP contribution in [0.25, 0.3) is 0 Å². The van der Waals surface area contributed by atoms with E-state index in [1.807, 2.05) is 13.8 Å². The van der Waals surface area contributed by atoms with Crippen LogP contribution in [0.1, 0.15) is 43.0 Å². The van der Waals surface area contributed by atoms with E-state index in [-0.39, 0.29) is 30.4 Å². The van der Waals surface area contributed by atoms with Crippen LogP contribution >= 0.6 is 12.4 Å². The molecule has 1 aromatic carbocycles. The third kappa shape index (κ3) is 5.52. The summed E-state index contributed by atoms with van der Waals surface area (Å²) in [5.74, 6) is 0.00617. The zero-order valence-corrected chi connectivity index (χ0v) is 12.3. The molecule has 0 fully saturated rings. The third-order valence-corrected chi connectivity index (χ3v) is 2.63. The highest BCUT2D eigenvalue weighted by molar-refractivity contribution is 5.85. The smallest absolute Gasteiger partial charge is 0.222 e. The molecule has 1 rings (SSSR count). The van der Waals surface area contributed by atoms with Crippen LogP contribution in [-0.4, -0.2) is 11.9 Å². The van der Waals surface area contributed by atoms with E-state index in [9.17, 15) is 4.79 Å². The van der Waals surface area contributed by atoms with E-state index in [0.717, 1.165) is 5.56 Å². The lowest BCUT2D eigenvalue weighted by Crippen LogP contribution is -2.31. The first-order valence-corrected chi connectivity index (χ1v) is 6.01. The minimum atomic E-state index is -0.0959. The number of rotatable bonds is 4. The molecule has 0 saturated carbocycles. The Balaban J connectivity index is 0.00000289. The average Bonchev–Trinajstić information content (AvgIpc) is 2.14. The maximum Gasteiger partial charge on any atom is 0.222 e. The van der Waals surface area contributed by atoms with Gasteiger partial charge in [0.1, 0.15) is 0 Å². The number of nitrogens with two attached hydrogens (primary N) is 1. The molecule has 0 aromatic heterocycles. The molecular weight excluding hydrogens is 248 g/mol. The Bertz CT molecular complexity index is 385. The zero-order valence-electron chi connectivity index (χ0n) is 11.5. The summed E-state index contributed by atoms with van der Waals surface area (Å²) in [6.07, 6.45) is 0.370. The molecule has 2 atom stereocenters. The first-order valence-electron chi connectivity index (χ1n) is 6.01. The zero-order chi connectivity index (χ0) is 13.0. The maximum atomic E-state index is 11.6. The van der Waals surface area contributed by atoms with Crippen molar-refractivity contribution >= 4 is 18.3 Å². The van der Waals surface area contributed by atoms with Crippen LogP contribution in [0.4, 0.5) is 0 Å². The van der Waals surface area contributed by atoms with Gasteiger partial charge in [0.25, 0.3) is 0 Å². The van der Waals surface area contributed by atoms with Crippen molar-refractivity contribution in [3.05, 3.63) is 34.9 Å². The van der Waals surface area contributed by atoms with Crippen molar-refractivity contribution in [1.29, 1.82) is 0 Å². The van der Waals surface area contributed by atoms with Gasteiger partial charge in [-0.25, -0.2) is 0 Å². The molecule has 0 bridgehead atoms. The predicted octanol–water partition coefficient (Wildman–Crippen LogP) is 2.64. The van der Waals surface area contributed by atoms with Crippen LogP contribution in [-0.2, 0) is 4.79 Å². The summed E-state index contributed by atoms with van der Waals surface area (Å²) in [5, 5.41) is 2.96. The first-order chi connectivity index (χ1) is 7.88. The highest BCUT2D eigenvalue weighted by atomic mass is 35.5. The summed E-state index contributed by atoms with van der Waals surface area (Å²) < 4.78 is 0. The van der Waals surface area contributed by atoms with Gasteiger partial charge < -0.3 is 11.1 Å². The largest absolute Gasteiger partial charge is 0.350 e. The van der Waals surface area contributed by atoms with E-state index >= 15 is 0 Å². The van der Waals surface area contributed by atoms with E-state index in [1.165, 1.54) is 11.1 Å². The van der Waals surface area contributed by atoms with E-state index in [4.69, 9.17) is 5.73 Å². The van der Waals surface area contributed by atoms with E-state index in [0.29, 0.717) is 6.42 Å². The molecule has 0 spiro atoms. The molecule has 102 valence electrons. The summed E-state index contributed by atoms with van der Waals surface area (Å²) in [4.78, 5) is 11.6. The van der Waals surface area contributed by atoms with Crippen molar-refractivity contribution in [2.24, 2.45) is 5.73 Å². The first kappa shape index (κ1) is 16.9. The number of nitrogens with one attached hydrogen (secondary N) is 1. The SMILES string of the molecule is Cc1cc(C)cc(C(C)NC(=O)CC(C)N)c1.Cl. The minimum absolute atomic E-state index is 0. The van der Waals surface area contributed by atoms with Gasteiger partial charge in [-0.3, -0.25) is 4.79 Å². The van der Waals surface area contributed by atoms with E-state index in [2.05, 4.69) is 37.4 Å². The molecular formula is C14H23ClN2O. The lowest BCUT2D eigenvalue weighted by molar-refractivity contribution is -0.122. The molecule has 2 unspecified atom stereocenters. The summed E-state index contributed by atoms with van der Waals surface area (Å²) >= 11 is 0. The topological polar surface area (TPSA) is 55.1 Å². The number of hydrogen-bond donors (Lipinski definition) is 2. The second-order valence-electron chi connectivity index (χ2n) is 4.89. The lowest BCUT2D eigenvalue weighted by Gasteiger charge is -2.16. The molecule has 1 aromatic rings. The van der Waals surface area contributed by atoms with Gasteiger partial charge in [-0.1, -0.05) is 29.3 Å². The molecule has 4 heteroatoms. The monoisotopic (exact) mass is 270 g/mol. The molecule has 0 aliphatic rings. The number of hydrogen-bond acceptors (Lipinski definition) is 2. The van der Waals surface area contributed by atoms with Gasteiger partial charge in [-0.05, 0) is 33.3 Å². The Labute approximate surface area is 116 Å². The van der Waals surface area contributed by atoms with Gasteiger partial charge in [0, 0.05) is 12.5 Å². The molecule has 0 aliphatic heterocycles. The molecule has 0 radical (unpaired) electrons. The van der Waals surface area contributed by atoms with Crippen LogP contribution in [0, 0.1) is 13.8 Å². The second-order valence-corrected chi connectivity index (χ2v) is 4.89. The van der Waals surface area contributed by atoms with Gasteiger partial charge in [0.2, 0.25) is 5.91 Å². The maximum absolute atomic E-state index is 11.6. The van der Waals surface area contributed by atoms with E-state index < -0.39 is 0 Å². The van der Waals surface area contributed by atoms with Gasteiger partial charge in [-0.15, -0.1) is 12.4 Å². The normalized spacial score (nSPS) is 13.4. The van der Waals surface area contributed by atoms with Crippen molar-refractivity contribution < 1.29 is 4.79 Å². The van der Waals surface area contributed by atoms with Crippen molar-refractivity contribution in [3.63, 3.8) is 0 Å². The standard InChI is InChI=1S/C14H22N2O.ClH/c1-9-5-10(2)7-13(6-9)12(4)16-14(17)8-11(3)15;/h5-7,11-12H,8,15H2,1-4H3,(H,16,17);1H. The summed E-state index contributed by atoms with van der Waals surface area (Å²) in [7, 11) is 0. The Morgan fingerprint density at radius 3 is 2.17 bits per heavy atom. The van der Waals surface area contributed by atoms with E-state index in [1.54, 1.807) is 0 Å². The van der Waals surface area contributed by atoms with Crippen molar-refractivity contribution in [2.75, 3.05) is 0 Å². The highest BCUT2D eigenvalue weighted by Gasteiger charge is 2.11. The van der Waals surface area contributed by atoms with Crippen LogP contribution in [0.2, 0.25) is 0 Å². The van der Waals surface area contributed by atoms with Crippen LogP contribution < -0.4 is 11.1 Å². The molecule has 1 amide bonds. The molecule has 18 heavy (non-hydrogen) atoms. The van der Waals surface area contributed by atoms with Crippen molar-refractivity contribution in [2.45, 2.75) is 46.2 Å². The number of carbonyl (C=O) groups excluding carboxylic acids is 1. The average molecular weight is 271 g/mol. The number of aryl methyl sites for hydroxylation is 2. The Morgan fingerprint density at radius 1 is 1.22 bits per heavy atom. The molecule has 3 nitrogen and oxygen atoms in total. The highest BCUT2D eigenvalue weighted by Crippen LogP contribution is 2.16. The third-order valence-electron chi connectivity index (χ3n) is 2.63. The number of benzene rings is 1. The molecule has 0 aliphatic carbocycles. The Morgan fingerprint density at radius 2 is 1.72 bits per heavy atom. The fourth-order valence-corrected chi connectivity index (χ4v) is 1.94. The van der Waals surface area contributed by atoms with Gasteiger partial charge >= 0.3 is 0 Å². The summed E-state index contributed by atoms with van der Waals surface area (Å²) in [5.41, 5.74) is 9.17. The number of carbonyl (C=O) groups is 1. The minimum Gasteiger partial charge on any atom is -0.350 e. The fourth-order valence-electron chi connectivity index (χ4n) is 1.94. The molecule has 0 saturated heterocycles. The van der Waals surface area contributed by atoms with Crippen LogP contribution in [0.15, 0.2) is 18.2 Å². The fraction of sp³-hybridized carbons (Fsp3) is 0.500. The van der Waals surface area contributed by atoms with Crippen LogP contribution in [0.5, 0.6) is 0 Å². The molecule has 0 heterocycles. The van der Waals surface area contributed by atoms with Crippen molar-refractivity contribution in [3.8, 4) is 0 Å². The number of amides is 1. The van der Waals surface area contributed by atoms with Gasteiger partial charge in [-0.2, -0.15) is 0 Å². The Hall–Kier alpha value is -1.06. The lowest BCUT2D eigenvalue weighted by atomic mass is 10.0. The predicted molar refractivity (Wildman–Crippen MR) is 78.0 cm³/mol. The quantitative estimate of drug-likeness (QED) is 0.884. The number of halogens is 1. The van der Waals surface area contributed by atoms with Crippen molar-refractivity contribution in [1.82, 2.24) is 5.32 Å². The summed E-state index contributed by atoms with van der Waals surface area (Å²) in [6.45, 7) is 7.95. The second kappa shape index (κ2) is 7.39. The Kier molecular flexibility index (Phi) is 6.96. The van der Waals surface area contributed by atoms with Crippen LogP contribution in [0.3, 0.4) is 0 Å². The molecule has 3 N–H and O–H groups in total. The van der Waals surface area contributed by atoms with Gasteiger partial charge in [0.15, 0.2) is 0 Å². The summed E-state index contributed by atoms with van der Waals surface area (Å²) in [6, 6.07) is 6.26.